The largest absolute Gasteiger partial charge is 0.462 e. The number of carbonyl (C=O) groups excluding carboxylic acids is 3. The van der Waals surface area contributed by atoms with Gasteiger partial charge in [0.1, 0.15) is 13.2 Å². The molecule has 0 radical (unpaired) electrons. The highest BCUT2D eigenvalue weighted by atomic mass is 16.6. The van der Waals surface area contributed by atoms with Crippen LogP contribution >= 0.6 is 0 Å². The zero-order chi connectivity index (χ0) is 55.7. The number of allylic oxidation sites excluding steroid dienone is 6. The van der Waals surface area contributed by atoms with Crippen molar-refractivity contribution in [2.24, 2.45) is 0 Å². The van der Waals surface area contributed by atoms with Crippen LogP contribution in [0.2, 0.25) is 0 Å². The molecule has 77 heavy (non-hydrogen) atoms. The summed E-state index contributed by atoms with van der Waals surface area (Å²) in [6.07, 6.45) is 81.7. The van der Waals surface area contributed by atoms with Crippen molar-refractivity contribution >= 4 is 17.9 Å². The molecule has 0 aromatic heterocycles. The number of esters is 3. The van der Waals surface area contributed by atoms with Crippen molar-refractivity contribution in [2.75, 3.05) is 13.2 Å². The summed E-state index contributed by atoms with van der Waals surface area (Å²) in [7, 11) is 0. The molecule has 0 bridgehead atoms. The number of ether oxygens (including phenoxy) is 3. The van der Waals surface area contributed by atoms with Crippen LogP contribution in [0.5, 0.6) is 0 Å². The molecule has 0 saturated heterocycles. The summed E-state index contributed by atoms with van der Waals surface area (Å²) in [4.78, 5) is 38.4. The monoisotopic (exact) mass is 1080 g/mol. The predicted molar refractivity (Wildman–Crippen MR) is 335 cm³/mol. The van der Waals surface area contributed by atoms with Gasteiger partial charge in [-0.15, -0.1) is 0 Å². The third-order valence-electron chi connectivity index (χ3n) is 15.6. The van der Waals surface area contributed by atoms with Gasteiger partial charge in [0.15, 0.2) is 6.10 Å². The lowest BCUT2D eigenvalue weighted by Gasteiger charge is -2.18. The van der Waals surface area contributed by atoms with Crippen LogP contribution in [0.1, 0.15) is 380 Å². The zero-order valence-corrected chi connectivity index (χ0v) is 52.0. The smallest absolute Gasteiger partial charge is 0.306 e. The van der Waals surface area contributed by atoms with Crippen LogP contribution in [-0.2, 0) is 28.6 Å². The summed E-state index contributed by atoms with van der Waals surface area (Å²) in [5, 5.41) is 0. The maximum Gasteiger partial charge on any atom is 0.306 e. The second-order valence-electron chi connectivity index (χ2n) is 23.4. The van der Waals surface area contributed by atoms with Crippen LogP contribution in [-0.4, -0.2) is 37.2 Å². The van der Waals surface area contributed by atoms with Gasteiger partial charge in [-0.05, 0) is 77.0 Å². The number of hydrogen-bond donors (Lipinski definition) is 0. The van der Waals surface area contributed by atoms with Crippen LogP contribution in [0, 0.1) is 0 Å². The van der Waals surface area contributed by atoms with Gasteiger partial charge in [-0.2, -0.15) is 0 Å². The normalized spacial score (nSPS) is 12.2. The third kappa shape index (κ3) is 64.3. The molecule has 0 rings (SSSR count). The molecule has 452 valence electrons. The van der Waals surface area contributed by atoms with Gasteiger partial charge in [0.2, 0.25) is 0 Å². The van der Waals surface area contributed by atoms with E-state index in [9.17, 15) is 14.4 Å². The predicted octanol–water partition coefficient (Wildman–Crippen LogP) is 23.6. The van der Waals surface area contributed by atoms with Crippen molar-refractivity contribution in [1.82, 2.24) is 0 Å². The summed E-state index contributed by atoms with van der Waals surface area (Å²) in [5.74, 6) is -0.853. The molecule has 0 aromatic carbocycles. The third-order valence-corrected chi connectivity index (χ3v) is 15.6. The molecular weight excluding hydrogens is 949 g/mol. The minimum atomic E-state index is -0.773. The maximum atomic E-state index is 12.9. The van der Waals surface area contributed by atoms with E-state index in [2.05, 4.69) is 57.2 Å². The van der Waals surface area contributed by atoms with Crippen molar-refractivity contribution in [3.8, 4) is 0 Å². The summed E-state index contributed by atoms with van der Waals surface area (Å²) in [6.45, 7) is 6.67. The minimum absolute atomic E-state index is 0.0704. The Hall–Kier alpha value is -2.37. The second kappa shape index (κ2) is 66.1. The van der Waals surface area contributed by atoms with E-state index in [4.69, 9.17) is 14.2 Å². The van der Waals surface area contributed by atoms with E-state index in [0.717, 1.165) is 70.6 Å². The van der Waals surface area contributed by atoms with Crippen LogP contribution in [0.3, 0.4) is 0 Å². The Labute approximate surface area is 480 Å². The first-order valence-corrected chi connectivity index (χ1v) is 34.5. The Morgan fingerprint density at radius 1 is 0.260 bits per heavy atom. The Morgan fingerprint density at radius 2 is 0.468 bits per heavy atom. The quantitative estimate of drug-likeness (QED) is 0.0261. The Morgan fingerprint density at radius 3 is 0.753 bits per heavy atom. The lowest BCUT2D eigenvalue weighted by molar-refractivity contribution is -0.167. The summed E-state index contributed by atoms with van der Waals surface area (Å²) in [5.41, 5.74) is 0. The highest BCUT2D eigenvalue weighted by Gasteiger charge is 2.19. The molecule has 1 atom stereocenters. The van der Waals surface area contributed by atoms with Gasteiger partial charge in [0, 0.05) is 19.3 Å². The van der Waals surface area contributed by atoms with E-state index in [1.54, 1.807) is 0 Å². The van der Waals surface area contributed by atoms with Gasteiger partial charge in [0.25, 0.3) is 0 Å². The van der Waals surface area contributed by atoms with E-state index in [0.29, 0.717) is 19.3 Å². The number of unbranched alkanes of at least 4 members (excludes halogenated alkanes) is 47. The van der Waals surface area contributed by atoms with E-state index in [1.807, 2.05) is 0 Å². The van der Waals surface area contributed by atoms with Crippen LogP contribution in [0.25, 0.3) is 0 Å². The molecule has 0 saturated carbocycles. The first-order chi connectivity index (χ1) is 38.0. The van der Waals surface area contributed by atoms with E-state index in [-0.39, 0.29) is 31.1 Å². The number of carbonyl (C=O) groups is 3. The number of hydrogen-bond acceptors (Lipinski definition) is 6. The molecule has 0 aromatic rings. The summed E-state index contributed by atoms with van der Waals surface area (Å²) in [6, 6.07) is 0. The van der Waals surface area contributed by atoms with E-state index in [1.165, 1.54) is 270 Å². The van der Waals surface area contributed by atoms with Gasteiger partial charge in [0.05, 0.1) is 0 Å². The topological polar surface area (TPSA) is 78.9 Å². The fourth-order valence-corrected chi connectivity index (χ4v) is 10.4. The molecule has 0 spiro atoms. The Balaban J connectivity index is 4.22. The standard InChI is InChI=1S/C71H132O6/c1-4-7-10-13-16-19-22-25-27-29-31-33-35-36-37-39-40-42-44-46-49-52-55-58-61-64-70(73)76-67-68(66-75-69(72)63-60-57-54-51-48-24-21-18-15-12-9-6-3)77-71(74)65-62-59-56-53-50-47-45-43-41-38-34-32-30-28-26-23-20-17-14-11-8-5-2/h18,21-22,25,29,31,68H,4-17,19-20,23-24,26-28,30,32-67H2,1-3H3/b21-18-,25-22-,31-29-. The Kier molecular flexibility index (Phi) is 64.1. The lowest BCUT2D eigenvalue weighted by Crippen LogP contribution is -2.30. The molecular formula is C71H132O6. The van der Waals surface area contributed by atoms with Crippen LogP contribution < -0.4 is 0 Å². The minimum Gasteiger partial charge on any atom is -0.462 e. The SMILES string of the molecule is CCCCC/C=C\CCCCCCCC(=O)OCC(COC(=O)CCCCCCCCCCCCCCC/C=C\C/C=C\CCCCCCC)OC(=O)CCCCCCCCCCCCCCCCCCCCCCCC. The second-order valence-corrected chi connectivity index (χ2v) is 23.4. The Bertz CT molecular complexity index is 1290. The van der Waals surface area contributed by atoms with E-state index < -0.39 is 6.10 Å². The van der Waals surface area contributed by atoms with Crippen molar-refractivity contribution in [2.45, 2.75) is 386 Å². The van der Waals surface area contributed by atoms with Gasteiger partial charge in [-0.3, -0.25) is 14.4 Å². The summed E-state index contributed by atoms with van der Waals surface area (Å²) < 4.78 is 17.0. The first-order valence-electron chi connectivity index (χ1n) is 34.5. The molecule has 1 unspecified atom stereocenters. The molecule has 0 aliphatic heterocycles. The fourth-order valence-electron chi connectivity index (χ4n) is 10.4. The molecule has 6 nitrogen and oxygen atoms in total. The molecule has 0 aliphatic carbocycles. The zero-order valence-electron chi connectivity index (χ0n) is 52.0. The fraction of sp³-hybridized carbons (Fsp3) is 0.873. The lowest BCUT2D eigenvalue weighted by atomic mass is 10.0. The molecule has 0 fully saturated rings. The molecule has 0 N–H and O–H groups in total. The van der Waals surface area contributed by atoms with Gasteiger partial charge in [-0.25, -0.2) is 0 Å². The number of rotatable bonds is 64. The van der Waals surface area contributed by atoms with Gasteiger partial charge in [-0.1, -0.05) is 320 Å². The molecule has 6 heteroatoms. The maximum absolute atomic E-state index is 12.9. The highest BCUT2D eigenvalue weighted by Crippen LogP contribution is 2.18. The summed E-state index contributed by atoms with van der Waals surface area (Å²) >= 11 is 0. The van der Waals surface area contributed by atoms with Crippen molar-refractivity contribution in [1.29, 1.82) is 0 Å². The first kappa shape index (κ1) is 74.6. The van der Waals surface area contributed by atoms with E-state index >= 15 is 0 Å². The molecule has 0 amide bonds. The van der Waals surface area contributed by atoms with Gasteiger partial charge < -0.3 is 14.2 Å². The van der Waals surface area contributed by atoms with Gasteiger partial charge >= 0.3 is 17.9 Å². The average Bonchev–Trinajstić information content (AvgIpc) is 3.43. The molecule has 0 aliphatic rings. The van der Waals surface area contributed by atoms with Crippen molar-refractivity contribution in [3.05, 3.63) is 36.5 Å². The van der Waals surface area contributed by atoms with Crippen LogP contribution in [0.15, 0.2) is 36.5 Å². The van der Waals surface area contributed by atoms with Crippen molar-refractivity contribution < 1.29 is 28.6 Å². The van der Waals surface area contributed by atoms with Crippen LogP contribution in [0.4, 0.5) is 0 Å². The molecule has 0 heterocycles. The van der Waals surface area contributed by atoms with Crippen molar-refractivity contribution in [3.63, 3.8) is 0 Å². The highest BCUT2D eigenvalue weighted by molar-refractivity contribution is 5.71. The average molecular weight is 1080 g/mol.